The van der Waals surface area contributed by atoms with Gasteiger partial charge < -0.3 is 14.2 Å². The van der Waals surface area contributed by atoms with Crippen LogP contribution >= 0.6 is 0 Å². The third-order valence-corrected chi connectivity index (χ3v) is 14.3. The average molecular weight is 1150 g/mol. The zero-order valence-corrected chi connectivity index (χ0v) is 53.9. The van der Waals surface area contributed by atoms with E-state index >= 15 is 0 Å². The summed E-state index contributed by atoms with van der Waals surface area (Å²) in [6.45, 7) is 6.38. The second-order valence-electron chi connectivity index (χ2n) is 22.3. The molecule has 470 valence electrons. The van der Waals surface area contributed by atoms with Gasteiger partial charge in [0.25, 0.3) is 0 Å². The molecule has 6 nitrogen and oxygen atoms in total. The first-order valence-electron chi connectivity index (χ1n) is 34.3. The van der Waals surface area contributed by atoms with Gasteiger partial charge in [0.15, 0.2) is 6.10 Å². The SMILES string of the molecule is CC/C=C\C/C=C\C/C=C\C/C=C\C/C=C\C/C=C\C/C=C\CCCCCC(=O)OC(COC(=O)CCCCCCCCCCC)COC(=O)CCCCCCCCCCCCCCCCC/C=C\C/C=C\C/C=C\C/C=C\C/C=C\CC. The van der Waals surface area contributed by atoms with Crippen LogP contribution in [0.1, 0.15) is 303 Å². The molecule has 0 heterocycles. The van der Waals surface area contributed by atoms with Crippen LogP contribution in [0.15, 0.2) is 146 Å². The van der Waals surface area contributed by atoms with Crippen LogP contribution in [0, 0.1) is 0 Å². The van der Waals surface area contributed by atoms with Gasteiger partial charge in [-0.05, 0) is 122 Å². The van der Waals surface area contributed by atoms with Crippen molar-refractivity contribution in [3.63, 3.8) is 0 Å². The van der Waals surface area contributed by atoms with E-state index in [0.717, 1.165) is 141 Å². The van der Waals surface area contributed by atoms with E-state index in [1.165, 1.54) is 122 Å². The average Bonchev–Trinajstić information content (AvgIpc) is 3.49. The van der Waals surface area contributed by atoms with Crippen LogP contribution in [0.25, 0.3) is 0 Å². The molecular formula is C77H126O6. The smallest absolute Gasteiger partial charge is 0.306 e. The topological polar surface area (TPSA) is 78.9 Å². The van der Waals surface area contributed by atoms with Gasteiger partial charge in [0.1, 0.15) is 13.2 Å². The highest BCUT2D eigenvalue weighted by atomic mass is 16.6. The third-order valence-electron chi connectivity index (χ3n) is 14.3. The third kappa shape index (κ3) is 68.0. The summed E-state index contributed by atoms with van der Waals surface area (Å²) in [5.74, 6) is -0.925. The molecular weight excluding hydrogens is 1020 g/mol. The number of allylic oxidation sites excluding steroid dienone is 24. The summed E-state index contributed by atoms with van der Waals surface area (Å²) in [5, 5.41) is 0. The number of unbranched alkanes of at least 4 members (excludes halogenated alkanes) is 26. The summed E-state index contributed by atoms with van der Waals surface area (Å²) in [5.41, 5.74) is 0. The van der Waals surface area contributed by atoms with E-state index in [4.69, 9.17) is 14.2 Å². The summed E-state index contributed by atoms with van der Waals surface area (Å²) in [7, 11) is 0. The highest BCUT2D eigenvalue weighted by Gasteiger charge is 2.19. The zero-order chi connectivity index (χ0) is 59.9. The summed E-state index contributed by atoms with van der Waals surface area (Å²) in [6, 6.07) is 0. The molecule has 83 heavy (non-hydrogen) atoms. The normalized spacial score (nSPS) is 13.0. The number of esters is 3. The maximum absolute atomic E-state index is 12.9. The minimum absolute atomic E-state index is 0.0929. The Bertz CT molecular complexity index is 1800. The Kier molecular flexibility index (Phi) is 65.8. The van der Waals surface area contributed by atoms with E-state index in [2.05, 4.69) is 167 Å². The first-order chi connectivity index (χ1) is 41.0. The molecule has 0 N–H and O–H groups in total. The van der Waals surface area contributed by atoms with Gasteiger partial charge in [0.2, 0.25) is 0 Å². The van der Waals surface area contributed by atoms with Crippen LogP contribution in [0.5, 0.6) is 0 Å². The Morgan fingerprint density at radius 1 is 0.253 bits per heavy atom. The number of hydrogen-bond donors (Lipinski definition) is 0. The Morgan fingerprint density at radius 2 is 0.470 bits per heavy atom. The molecule has 0 rings (SSSR count). The van der Waals surface area contributed by atoms with Crippen molar-refractivity contribution < 1.29 is 28.6 Å². The second kappa shape index (κ2) is 69.8. The van der Waals surface area contributed by atoms with Crippen molar-refractivity contribution in [1.82, 2.24) is 0 Å². The molecule has 0 aliphatic rings. The van der Waals surface area contributed by atoms with Gasteiger partial charge in [0.05, 0.1) is 0 Å². The summed E-state index contributed by atoms with van der Waals surface area (Å²) < 4.78 is 16.9. The summed E-state index contributed by atoms with van der Waals surface area (Å²) in [4.78, 5) is 38.3. The lowest BCUT2D eigenvalue weighted by Gasteiger charge is -2.18. The van der Waals surface area contributed by atoms with Crippen molar-refractivity contribution in [3.8, 4) is 0 Å². The molecule has 0 fully saturated rings. The minimum atomic E-state index is -0.799. The van der Waals surface area contributed by atoms with Gasteiger partial charge >= 0.3 is 17.9 Å². The van der Waals surface area contributed by atoms with E-state index < -0.39 is 6.10 Å². The molecule has 0 saturated heterocycles. The van der Waals surface area contributed by atoms with Gasteiger partial charge in [-0.2, -0.15) is 0 Å². The highest BCUT2D eigenvalue weighted by molar-refractivity contribution is 5.71. The number of hydrogen-bond acceptors (Lipinski definition) is 6. The lowest BCUT2D eigenvalue weighted by molar-refractivity contribution is -0.167. The van der Waals surface area contributed by atoms with Crippen LogP contribution in [-0.2, 0) is 28.6 Å². The quantitative estimate of drug-likeness (QED) is 0.0261. The maximum Gasteiger partial charge on any atom is 0.306 e. The van der Waals surface area contributed by atoms with E-state index in [-0.39, 0.29) is 37.5 Å². The van der Waals surface area contributed by atoms with Crippen LogP contribution in [-0.4, -0.2) is 37.2 Å². The van der Waals surface area contributed by atoms with Crippen molar-refractivity contribution in [2.45, 2.75) is 309 Å². The summed E-state index contributed by atoms with van der Waals surface area (Å²) in [6.07, 6.45) is 100. The standard InChI is InChI=1S/C77H126O6/c1-4-7-10-13-16-19-21-23-25-27-29-31-33-35-36-37-38-39-40-42-43-45-47-49-51-53-55-58-61-64-67-70-76(79)82-73-74(72-81-75(78)69-66-63-60-57-18-15-12-9-6-3)83-77(80)71-68-65-62-59-56-54-52-50-48-46-44-41-34-32-30-28-26-24-22-20-17-14-11-8-5-2/h7-8,10-11,16-17,19-20,23-26,29-32,35-36,41,44,48,50,54,56,74H,4-6,9,12-15,18,21-22,27-28,33-34,37-40,42-43,45-47,49,51-53,55,57-73H2,1-3H3/b10-7-,11-8-,19-16-,20-17-,25-23-,26-24-,31-29-,32-30-,36-35-,44-41-,50-48-,56-54-. The molecule has 0 aliphatic carbocycles. The predicted octanol–water partition coefficient (Wildman–Crippen LogP) is 23.9. The second-order valence-corrected chi connectivity index (χ2v) is 22.3. The van der Waals surface area contributed by atoms with E-state index in [1.54, 1.807) is 0 Å². The zero-order valence-electron chi connectivity index (χ0n) is 53.9. The first-order valence-corrected chi connectivity index (χ1v) is 34.3. The van der Waals surface area contributed by atoms with Crippen molar-refractivity contribution >= 4 is 17.9 Å². The molecule has 0 aromatic rings. The Labute approximate surface area is 512 Å². The predicted molar refractivity (Wildman–Crippen MR) is 362 cm³/mol. The van der Waals surface area contributed by atoms with Crippen molar-refractivity contribution in [1.29, 1.82) is 0 Å². The van der Waals surface area contributed by atoms with Crippen molar-refractivity contribution in [2.75, 3.05) is 13.2 Å². The van der Waals surface area contributed by atoms with E-state index in [1.807, 2.05) is 0 Å². The first kappa shape index (κ1) is 78.3. The van der Waals surface area contributed by atoms with Crippen molar-refractivity contribution in [3.05, 3.63) is 146 Å². The molecule has 0 spiro atoms. The number of ether oxygens (including phenoxy) is 3. The molecule has 6 heteroatoms. The van der Waals surface area contributed by atoms with Crippen LogP contribution < -0.4 is 0 Å². The molecule has 0 aromatic carbocycles. The maximum atomic E-state index is 12.9. The largest absolute Gasteiger partial charge is 0.462 e. The van der Waals surface area contributed by atoms with E-state index in [0.29, 0.717) is 12.8 Å². The van der Waals surface area contributed by atoms with Crippen molar-refractivity contribution in [2.24, 2.45) is 0 Å². The lowest BCUT2D eigenvalue weighted by Crippen LogP contribution is -2.30. The fourth-order valence-electron chi connectivity index (χ4n) is 9.27. The van der Waals surface area contributed by atoms with Gasteiger partial charge in [-0.15, -0.1) is 0 Å². The summed E-state index contributed by atoms with van der Waals surface area (Å²) >= 11 is 0. The van der Waals surface area contributed by atoms with Crippen LogP contribution in [0.3, 0.4) is 0 Å². The van der Waals surface area contributed by atoms with Gasteiger partial charge in [-0.1, -0.05) is 308 Å². The van der Waals surface area contributed by atoms with E-state index in [9.17, 15) is 14.4 Å². The molecule has 0 aliphatic heterocycles. The van der Waals surface area contributed by atoms with Crippen LogP contribution in [0.2, 0.25) is 0 Å². The van der Waals surface area contributed by atoms with Gasteiger partial charge in [-0.25, -0.2) is 0 Å². The molecule has 0 radical (unpaired) electrons. The molecule has 0 aromatic heterocycles. The molecule has 1 atom stereocenters. The van der Waals surface area contributed by atoms with Gasteiger partial charge in [0, 0.05) is 19.3 Å². The Balaban J connectivity index is 4.24. The fourth-order valence-corrected chi connectivity index (χ4v) is 9.27. The molecule has 0 bridgehead atoms. The number of rotatable bonds is 61. The number of carbonyl (C=O) groups excluding carboxylic acids is 3. The molecule has 0 saturated carbocycles. The van der Waals surface area contributed by atoms with Gasteiger partial charge in [-0.3, -0.25) is 14.4 Å². The Morgan fingerprint density at radius 3 is 0.747 bits per heavy atom. The lowest BCUT2D eigenvalue weighted by atomic mass is 10.0. The minimum Gasteiger partial charge on any atom is -0.462 e. The fraction of sp³-hybridized carbons (Fsp3) is 0.649. The molecule has 1 unspecified atom stereocenters. The highest BCUT2D eigenvalue weighted by Crippen LogP contribution is 2.16. The Hall–Kier alpha value is -4.71. The van der Waals surface area contributed by atoms with Crippen LogP contribution in [0.4, 0.5) is 0 Å². The molecule has 0 amide bonds. The monoisotopic (exact) mass is 1150 g/mol. The number of carbonyl (C=O) groups is 3.